The van der Waals surface area contributed by atoms with Gasteiger partial charge >= 0.3 is 0 Å². The molecule has 0 unspecified atom stereocenters. The molecule has 0 spiro atoms. The van der Waals surface area contributed by atoms with E-state index in [4.69, 9.17) is 10.7 Å². The van der Waals surface area contributed by atoms with Gasteiger partial charge in [-0.15, -0.1) is 0 Å². The average molecular weight is 369 g/mol. The molecule has 3 heterocycles. The number of nitrogens with zero attached hydrogens (tertiary/aromatic N) is 4. The van der Waals surface area contributed by atoms with Crippen molar-refractivity contribution >= 4 is 16.6 Å². The number of anilines is 1. The topological polar surface area (TPSA) is 60.0 Å². The Morgan fingerprint density at radius 2 is 1.89 bits per heavy atom. The molecular formula is C23H23N5. The summed E-state index contributed by atoms with van der Waals surface area (Å²) in [6, 6.07) is 18.6. The van der Waals surface area contributed by atoms with Crippen LogP contribution in [-0.4, -0.2) is 26.0 Å². The van der Waals surface area contributed by atoms with Crippen molar-refractivity contribution in [3.8, 4) is 11.4 Å². The first-order valence-electron chi connectivity index (χ1n) is 9.64. The summed E-state index contributed by atoms with van der Waals surface area (Å²) in [5, 5.41) is 1.30. The smallest absolute Gasteiger partial charge is 0.159 e. The summed E-state index contributed by atoms with van der Waals surface area (Å²) in [4.78, 5) is 11.9. The standard InChI is InChI=1S/C23H23N5/c1-27-20(12-17-4-2-3-5-22(17)27)14-28-11-10-18-13-25-23(26-21(18)15-28)16-6-8-19(24)9-7-16/h2-9,12-13H,10-11,14-15,24H2,1H3. The normalized spacial score (nSPS) is 14.3. The zero-order valence-electron chi connectivity index (χ0n) is 16.0. The van der Waals surface area contributed by atoms with Crippen LogP contribution in [0.5, 0.6) is 0 Å². The quantitative estimate of drug-likeness (QED) is 0.559. The van der Waals surface area contributed by atoms with Crippen LogP contribution in [0.3, 0.4) is 0 Å². The van der Waals surface area contributed by atoms with Gasteiger partial charge in [-0.3, -0.25) is 4.90 Å². The highest BCUT2D eigenvalue weighted by Crippen LogP contribution is 2.24. The number of hydrogen-bond acceptors (Lipinski definition) is 4. The van der Waals surface area contributed by atoms with Crippen molar-refractivity contribution < 1.29 is 0 Å². The van der Waals surface area contributed by atoms with Crippen LogP contribution in [0.15, 0.2) is 60.8 Å². The predicted octanol–water partition coefficient (Wildman–Crippen LogP) is 3.78. The van der Waals surface area contributed by atoms with Gasteiger partial charge in [-0.2, -0.15) is 0 Å². The molecule has 2 aromatic heterocycles. The summed E-state index contributed by atoms with van der Waals surface area (Å²) >= 11 is 0. The molecule has 5 nitrogen and oxygen atoms in total. The summed E-state index contributed by atoms with van der Waals surface area (Å²) in [5.41, 5.74) is 12.6. The number of para-hydroxylation sites is 1. The molecule has 0 aliphatic carbocycles. The van der Waals surface area contributed by atoms with E-state index in [9.17, 15) is 0 Å². The van der Waals surface area contributed by atoms with Gasteiger partial charge in [0, 0.05) is 55.3 Å². The monoisotopic (exact) mass is 369 g/mol. The summed E-state index contributed by atoms with van der Waals surface area (Å²) in [5.74, 6) is 0.769. The highest BCUT2D eigenvalue weighted by molar-refractivity contribution is 5.81. The van der Waals surface area contributed by atoms with Gasteiger partial charge in [0.05, 0.1) is 5.69 Å². The number of nitrogens with two attached hydrogens (primary N) is 1. The second kappa shape index (κ2) is 6.77. The molecule has 0 saturated carbocycles. The van der Waals surface area contributed by atoms with E-state index in [0.717, 1.165) is 48.8 Å². The second-order valence-corrected chi connectivity index (χ2v) is 7.50. The van der Waals surface area contributed by atoms with E-state index in [1.54, 1.807) is 0 Å². The molecule has 0 fully saturated rings. The largest absolute Gasteiger partial charge is 0.399 e. The Morgan fingerprint density at radius 3 is 2.71 bits per heavy atom. The van der Waals surface area contributed by atoms with Gasteiger partial charge in [-0.05, 0) is 53.8 Å². The molecule has 0 bridgehead atoms. The van der Waals surface area contributed by atoms with Crippen molar-refractivity contribution in [2.75, 3.05) is 12.3 Å². The van der Waals surface area contributed by atoms with E-state index >= 15 is 0 Å². The maximum Gasteiger partial charge on any atom is 0.159 e. The van der Waals surface area contributed by atoms with Crippen molar-refractivity contribution in [3.05, 3.63) is 77.7 Å². The van der Waals surface area contributed by atoms with E-state index in [1.165, 1.54) is 22.2 Å². The Labute approximate surface area is 164 Å². The Hall–Kier alpha value is -3.18. The Balaban J connectivity index is 1.40. The average Bonchev–Trinajstić information content (AvgIpc) is 3.04. The molecule has 0 radical (unpaired) electrons. The van der Waals surface area contributed by atoms with Gasteiger partial charge in [0.25, 0.3) is 0 Å². The zero-order chi connectivity index (χ0) is 19.1. The number of benzene rings is 2. The van der Waals surface area contributed by atoms with Crippen molar-refractivity contribution in [2.45, 2.75) is 19.5 Å². The molecule has 28 heavy (non-hydrogen) atoms. The first-order chi connectivity index (χ1) is 13.7. The Kier molecular flexibility index (Phi) is 4.10. The van der Waals surface area contributed by atoms with E-state index in [-0.39, 0.29) is 0 Å². The third-order valence-electron chi connectivity index (χ3n) is 5.63. The summed E-state index contributed by atoms with van der Waals surface area (Å²) in [7, 11) is 2.15. The summed E-state index contributed by atoms with van der Waals surface area (Å²) < 4.78 is 2.30. The van der Waals surface area contributed by atoms with Crippen LogP contribution in [-0.2, 0) is 26.6 Å². The van der Waals surface area contributed by atoms with Crippen molar-refractivity contribution in [1.82, 2.24) is 19.4 Å². The molecule has 0 saturated heterocycles. The first kappa shape index (κ1) is 17.0. The molecule has 0 amide bonds. The van der Waals surface area contributed by atoms with Crippen LogP contribution in [0.2, 0.25) is 0 Å². The minimum Gasteiger partial charge on any atom is -0.399 e. The molecule has 2 aromatic carbocycles. The van der Waals surface area contributed by atoms with Crippen LogP contribution < -0.4 is 5.73 Å². The molecule has 1 aliphatic rings. The van der Waals surface area contributed by atoms with Crippen molar-refractivity contribution in [2.24, 2.45) is 7.05 Å². The lowest BCUT2D eigenvalue weighted by Gasteiger charge is -2.28. The van der Waals surface area contributed by atoms with Crippen LogP contribution in [0.1, 0.15) is 17.0 Å². The van der Waals surface area contributed by atoms with Gasteiger partial charge < -0.3 is 10.3 Å². The summed E-state index contributed by atoms with van der Waals surface area (Å²) in [6.07, 6.45) is 2.98. The third kappa shape index (κ3) is 3.04. The fraction of sp³-hybridized carbons (Fsp3) is 0.217. The SMILES string of the molecule is Cn1c(CN2CCc3cnc(-c4ccc(N)cc4)nc3C2)cc2ccccc21. The Bertz CT molecular complexity index is 1140. The maximum absolute atomic E-state index is 5.80. The molecule has 5 heteroatoms. The molecule has 2 N–H and O–H groups in total. The maximum atomic E-state index is 5.80. The van der Waals surface area contributed by atoms with Gasteiger partial charge in [0.15, 0.2) is 5.82 Å². The van der Waals surface area contributed by atoms with Crippen molar-refractivity contribution in [3.63, 3.8) is 0 Å². The highest BCUT2D eigenvalue weighted by atomic mass is 15.2. The molecular weight excluding hydrogens is 346 g/mol. The molecule has 5 rings (SSSR count). The molecule has 140 valence electrons. The zero-order valence-corrected chi connectivity index (χ0v) is 16.0. The van der Waals surface area contributed by atoms with Crippen LogP contribution in [0.4, 0.5) is 5.69 Å². The van der Waals surface area contributed by atoms with Gasteiger partial charge in [0.1, 0.15) is 0 Å². The van der Waals surface area contributed by atoms with Gasteiger partial charge in [-0.1, -0.05) is 18.2 Å². The van der Waals surface area contributed by atoms with Crippen molar-refractivity contribution in [1.29, 1.82) is 0 Å². The molecule has 4 aromatic rings. The van der Waals surface area contributed by atoms with Gasteiger partial charge in [-0.25, -0.2) is 9.97 Å². The van der Waals surface area contributed by atoms with E-state index in [0.29, 0.717) is 0 Å². The number of nitrogen functional groups attached to an aromatic ring is 1. The number of rotatable bonds is 3. The minimum absolute atomic E-state index is 0.753. The van der Waals surface area contributed by atoms with Crippen LogP contribution in [0.25, 0.3) is 22.3 Å². The lowest BCUT2D eigenvalue weighted by atomic mass is 10.1. The van der Waals surface area contributed by atoms with Crippen LogP contribution >= 0.6 is 0 Å². The minimum atomic E-state index is 0.753. The fourth-order valence-corrected chi connectivity index (χ4v) is 3.99. The number of fused-ring (bicyclic) bond motifs is 2. The fourth-order valence-electron chi connectivity index (χ4n) is 3.99. The highest BCUT2D eigenvalue weighted by Gasteiger charge is 2.20. The lowest BCUT2D eigenvalue weighted by Crippen LogP contribution is -2.31. The summed E-state index contributed by atoms with van der Waals surface area (Å²) in [6.45, 7) is 2.80. The third-order valence-corrected chi connectivity index (χ3v) is 5.63. The van der Waals surface area contributed by atoms with Crippen LogP contribution in [0, 0.1) is 0 Å². The van der Waals surface area contributed by atoms with Gasteiger partial charge in [0.2, 0.25) is 0 Å². The van der Waals surface area contributed by atoms with E-state index in [1.807, 2.05) is 30.5 Å². The first-order valence-corrected chi connectivity index (χ1v) is 9.64. The van der Waals surface area contributed by atoms with E-state index < -0.39 is 0 Å². The lowest BCUT2D eigenvalue weighted by molar-refractivity contribution is 0.236. The predicted molar refractivity (Wildman–Crippen MR) is 113 cm³/mol. The Morgan fingerprint density at radius 1 is 1.07 bits per heavy atom. The number of aromatic nitrogens is 3. The molecule has 1 aliphatic heterocycles. The number of hydrogen-bond donors (Lipinski definition) is 1. The number of aryl methyl sites for hydroxylation is 1. The van der Waals surface area contributed by atoms with E-state index in [2.05, 4.69) is 51.8 Å². The second-order valence-electron chi connectivity index (χ2n) is 7.50. The molecule has 0 atom stereocenters.